The Morgan fingerprint density at radius 2 is 2.00 bits per heavy atom. The van der Waals surface area contributed by atoms with Gasteiger partial charge in [0, 0.05) is 37.1 Å². The van der Waals surface area contributed by atoms with Gasteiger partial charge in [-0.3, -0.25) is 4.90 Å². The number of rotatable bonds is 3. The number of esters is 1. The number of methoxy groups -OCH3 is 1. The number of ether oxygens (including phenoxy) is 1. The topological polar surface area (TPSA) is 45.7 Å². The van der Waals surface area contributed by atoms with E-state index in [0.717, 1.165) is 42.2 Å². The quantitative estimate of drug-likeness (QED) is 0.786. The average molecular weight is 281 g/mol. The molecule has 19 heavy (non-hydrogen) atoms. The fourth-order valence-electron chi connectivity index (χ4n) is 2.52. The smallest absolute Gasteiger partial charge is 0.357 e. The molecule has 1 aliphatic carbocycles. The fourth-order valence-corrected chi connectivity index (χ4v) is 3.47. The second-order valence-electron chi connectivity index (χ2n) is 5.15. The van der Waals surface area contributed by atoms with Gasteiger partial charge in [0.15, 0.2) is 10.8 Å². The molecule has 0 unspecified atom stereocenters. The molecule has 104 valence electrons. The van der Waals surface area contributed by atoms with Crippen LogP contribution in [0, 0.1) is 6.92 Å². The molecule has 1 saturated heterocycles. The van der Waals surface area contributed by atoms with Crippen molar-refractivity contribution in [2.75, 3.05) is 38.2 Å². The van der Waals surface area contributed by atoms with Gasteiger partial charge in [0.25, 0.3) is 0 Å². The lowest BCUT2D eigenvalue weighted by Crippen LogP contribution is -2.47. The van der Waals surface area contributed by atoms with E-state index in [2.05, 4.69) is 14.8 Å². The maximum Gasteiger partial charge on any atom is 0.357 e. The van der Waals surface area contributed by atoms with E-state index in [0.29, 0.717) is 5.69 Å². The molecule has 0 bridgehead atoms. The van der Waals surface area contributed by atoms with Crippen LogP contribution in [0.1, 0.15) is 28.2 Å². The summed E-state index contributed by atoms with van der Waals surface area (Å²) in [6.07, 6.45) is 2.73. The van der Waals surface area contributed by atoms with Gasteiger partial charge in [-0.2, -0.15) is 0 Å². The van der Waals surface area contributed by atoms with Crippen LogP contribution < -0.4 is 4.90 Å². The van der Waals surface area contributed by atoms with Crippen molar-refractivity contribution in [3.63, 3.8) is 0 Å². The predicted octanol–water partition coefficient (Wildman–Crippen LogP) is 1.52. The van der Waals surface area contributed by atoms with Crippen molar-refractivity contribution in [2.45, 2.75) is 25.8 Å². The Hall–Kier alpha value is -1.14. The Morgan fingerprint density at radius 1 is 1.32 bits per heavy atom. The van der Waals surface area contributed by atoms with Crippen molar-refractivity contribution in [3.8, 4) is 0 Å². The number of carbonyl (C=O) groups excluding carboxylic acids is 1. The highest BCUT2D eigenvalue weighted by Crippen LogP contribution is 2.30. The van der Waals surface area contributed by atoms with E-state index < -0.39 is 0 Å². The number of nitrogens with zero attached hydrogens (tertiary/aromatic N) is 3. The van der Waals surface area contributed by atoms with E-state index in [9.17, 15) is 4.79 Å². The minimum Gasteiger partial charge on any atom is -0.464 e. The molecule has 1 aliphatic heterocycles. The Labute approximate surface area is 117 Å². The van der Waals surface area contributed by atoms with Crippen molar-refractivity contribution in [3.05, 3.63) is 10.6 Å². The van der Waals surface area contributed by atoms with Crippen LogP contribution in [0.5, 0.6) is 0 Å². The van der Waals surface area contributed by atoms with Gasteiger partial charge in [-0.25, -0.2) is 9.78 Å². The standard InChI is InChI=1S/C13H19N3O2S/c1-9-11(12(17)18-2)14-13(19-9)16-7-5-15(6-8-16)10-3-4-10/h10H,3-8H2,1-2H3. The van der Waals surface area contributed by atoms with E-state index in [-0.39, 0.29) is 5.97 Å². The van der Waals surface area contributed by atoms with E-state index in [1.54, 1.807) is 11.3 Å². The molecule has 2 heterocycles. The van der Waals surface area contributed by atoms with Gasteiger partial charge in [-0.05, 0) is 19.8 Å². The van der Waals surface area contributed by atoms with Gasteiger partial charge in [0.2, 0.25) is 0 Å². The van der Waals surface area contributed by atoms with Crippen molar-refractivity contribution in [2.24, 2.45) is 0 Å². The third kappa shape index (κ3) is 2.60. The molecule has 0 spiro atoms. The molecule has 1 saturated carbocycles. The lowest BCUT2D eigenvalue weighted by molar-refractivity contribution is 0.0594. The van der Waals surface area contributed by atoms with Crippen LogP contribution in [-0.2, 0) is 4.74 Å². The molecule has 1 aromatic rings. The van der Waals surface area contributed by atoms with E-state index in [1.807, 2.05) is 6.92 Å². The minimum atomic E-state index is -0.336. The minimum absolute atomic E-state index is 0.336. The average Bonchev–Trinajstić information content (AvgIpc) is 3.21. The Morgan fingerprint density at radius 3 is 2.58 bits per heavy atom. The summed E-state index contributed by atoms with van der Waals surface area (Å²) in [5.41, 5.74) is 0.465. The lowest BCUT2D eigenvalue weighted by atomic mass is 10.3. The molecule has 0 aromatic carbocycles. The Kier molecular flexibility index (Phi) is 3.45. The van der Waals surface area contributed by atoms with Crippen molar-refractivity contribution >= 4 is 22.4 Å². The van der Waals surface area contributed by atoms with Crippen LogP contribution in [0.4, 0.5) is 5.13 Å². The summed E-state index contributed by atoms with van der Waals surface area (Å²) in [4.78, 5) is 21.8. The number of hydrogen-bond acceptors (Lipinski definition) is 6. The molecule has 1 aromatic heterocycles. The molecule has 0 N–H and O–H groups in total. The number of aromatic nitrogens is 1. The zero-order valence-corrected chi connectivity index (χ0v) is 12.2. The van der Waals surface area contributed by atoms with Crippen LogP contribution in [0.25, 0.3) is 0 Å². The molecule has 0 atom stereocenters. The molecule has 5 nitrogen and oxygen atoms in total. The first-order valence-corrected chi connectivity index (χ1v) is 7.55. The van der Waals surface area contributed by atoms with Gasteiger partial charge >= 0.3 is 5.97 Å². The third-order valence-electron chi connectivity index (χ3n) is 3.81. The highest BCUT2D eigenvalue weighted by molar-refractivity contribution is 7.15. The summed E-state index contributed by atoms with van der Waals surface area (Å²) >= 11 is 1.59. The largest absolute Gasteiger partial charge is 0.464 e. The number of hydrogen-bond donors (Lipinski definition) is 0. The number of anilines is 1. The second kappa shape index (κ2) is 5.09. The zero-order chi connectivity index (χ0) is 13.4. The fraction of sp³-hybridized carbons (Fsp3) is 0.692. The summed E-state index contributed by atoms with van der Waals surface area (Å²) in [6.45, 7) is 6.15. The van der Waals surface area contributed by atoms with Crippen LogP contribution in [0.15, 0.2) is 0 Å². The summed E-state index contributed by atoms with van der Waals surface area (Å²) in [5.74, 6) is -0.336. The van der Waals surface area contributed by atoms with E-state index in [4.69, 9.17) is 4.74 Å². The zero-order valence-electron chi connectivity index (χ0n) is 11.4. The molecule has 0 amide bonds. The third-order valence-corrected chi connectivity index (χ3v) is 4.84. The predicted molar refractivity (Wildman–Crippen MR) is 75.0 cm³/mol. The van der Waals surface area contributed by atoms with Crippen molar-refractivity contribution in [1.29, 1.82) is 0 Å². The van der Waals surface area contributed by atoms with Gasteiger partial charge < -0.3 is 9.64 Å². The summed E-state index contributed by atoms with van der Waals surface area (Å²) in [6, 6.07) is 0.839. The SMILES string of the molecule is COC(=O)c1nc(N2CCN(C3CC3)CC2)sc1C. The maximum atomic E-state index is 11.6. The molecule has 2 fully saturated rings. The van der Waals surface area contributed by atoms with Crippen LogP contribution in [0.2, 0.25) is 0 Å². The van der Waals surface area contributed by atoms with E-state index >= 15 is 0 Å². The van der Waals surface area contributed by atoms with Gasteiger partial charge in [0.1, 0.15) is 0 Å². The Bertz CT molecular complexity index is 476. The summed E-state index contributed by atoms with van der Waals surface area (Å²) in [5, 5.41) is 0.952. The summed E-state index contributed by atoms with van der Waals surface area (Å²) in [7, 11) is 1.40. The van der Waals surface area contributed by atoms with Crippen molar-refractivity contribution in [1.82, 2.24) is 9.88 Å². The maximum absolute atomic E-state index is 11.6. The highest BCUT2D eigenvalue weighted by Gasteiger charge is 2.32. The first kappa shape index (κ1) is 12.9. The van der Waals surface area contributed by atoms with Crippen molar-refractivity contribution < 1.29 is 9.53 Å². The highest BCUT2D eigenvalue weighted by atomic mass is 32.1. The first-order chi connectivity index (χ1) is 9.19. The van der Waals surface area contributed by atoms with Gasteiger partial charge in [-0.15, -0.1) is 11.3 Å². The van der Waals surface area contributed by atoms with Gasteiger partial charge in [0.05, 0.1) is 7.11 Å². The van der Waals surface area contributed by atoms with Crippen LogP contribution in [0.3, 0.4) is 0 Å². The monoisotopic (exact) mass is 281 g/mol. The molecule has 2 aliphatic rings. The molecule has 6 heteroatoms. The summed E-state index contributed by atoms with van der Waals surface area (Å²) < 4.78 is 4.75. The normalized spacial score (nSPS) is 20.6. The molecular weight excluding hydrogens is 262 g/mol. The van der Waals surface area contributed by atoms with Crippen LogP contribution in [-0.4, -0.2) is 55.2 Å². The van der Waals surface area contributed by atoms with Crippen LogP contribution >= 0.6 is 11.3 Å². The Balaban J connectivity index is 1.67. The molecule has 3 rings (SSSR count). The molecule has 0 radical (unpaired) electrons. The van der Waals surface area contributed by atoms with E-state index in [1.165, 1.54) is 20.0 Å². The first-order valence-electron chi connectivity index (χ1n) is 6.74. The molecular formula is C13H19N3O2S. The number of thiazole rings is 1. The number of carbonyl (C=O) groups is 1. The number of aryl methyl sites for hydroxylation is 1. The number of piperazine rings is 1. The second-order valence-corrected chi connectivity index (χ2v) is 6.33. The van der Waals surface area contributed by atoms with Gasteiger partial charge in [-0.1, -0.05) is 0 Å². The lowest BCUT2D eigenvalue weighted by Gasteiger charge is -2.34.